The quantitative estimate of drug-likeness (QED) is 0.802. The molecule has 1 aromatic carbocycles. The average Bonchev–Trinajstić information content (AvgIpc) is 2.79. The number of anilines is 1. The molecule has 3 N–H and O–H groups in total. The zero-order valence-corrected chi connectivity index (χ0v) is 11.4. The molecule has 102 valence electrons. The molecule has 0 bridgehead atoms. The molecule has 2 rings (SSSR count). The molecule has 1 saturated heterocycles. The normalized spacial score (nSPS) is 18.4. The summed E-state index contributed by atoms with van der Waals surface area (Å²) in [5, 5.41) is 3.26. The number of nitrogen functional groups attached to an aromatic ring is 1. The van der Waals surface area contributed by atoms with Gasteiger partial charge in [-0.3, -0.25) is 9.59 Å². The van der Waals surface area contributed by atoms with E-state index in [0.29, 0.717) is 29.4 Å². The SMILES string of the molecule is CC(=O)NC1CCN(C(=O)c2ccc(Cl)c(N)c2)C1. The Morgan fingerprint density at radius 3 is 2.84 bits per heavy atom. The van der Waals surface area contributed by atoms with Crippen LogP contribution in [0.25, 0.3) is 0 Å². The van der Waals surface area contributed by atoms with Gasteiger partial charge >= 0.3 is 0 Å². The van der Waals surface area contributed by atoms with E-state index in [9.17, 15) is 9.59 Å². The van der Waals surface area contributed by atoms with Gasteiger partial charge in [0, 0.05) is 31.6 Å². The fourth-order valence-electron chi connectivity index (χ4n) is 2.21. The second kappa shape index (κ2) is 5.48. The smallest absolute Gasteiger partial charge is 0.254 e. The van der Waals surface area contributed by atoms with Crippen molar-refractivity contribution in [1.82, 2.24) is 10.2 Å². The molecule has 5 nitrogen and oxygen atoms in total. The van der Waals surface area contributed by atoms with Crippen LogP contribution in [0.3, 0.4) is 0 Å². The van der Waals surface area contributed by atoms with Crippen LogP contribution in [0.5, 0.6) is 0 Å². The monoisotopic (exact) mass is 281 g/mol. The molecule has 0 radical (unpaired) electrons. The van der Waals surface area contributed by atoms with Crippen LogP contribution >= 0.6 is 11.6 Å². The Hall–Kier alpha value is -1.75. The van der Waals surface area contributed by atoms with Gasteiger partial charge < -0.3 is 16.0 Å². The molecule has 1 unspecified atom stereocenters. The van der Waals surface area contributed by atoms with Gasteiger partial charge in [0.25, 0.3) is 5.91 Å². The fourth-order valence-corrected chi connectivity index (χ4v) is 2.33. The molecular weight excluding hydrogens is 266 g/mol. The van der Waals surface area contributed by atoms with Gasteiger partial charge in [0.2, 0.25) is 5.91 Å². The maximum atomic E-state index is 12.3. The third-order valence-electron chi connectivity index (χ3n) is 3.13. The molecule has 0 aliphatic carbocycles. The predicted molar refractivity (Wildman–Crippen MR) is 74.0 cm³/mol. The number of amides is 2. The van der Waals surface area contributed by atoms with Crippen molar-refractivity contribution in [1.29, 1.82) is 0 Å². The summed E-state index contributed by atoms with van der Waals surface area (Å²) < 4.78 is 0. The lowest BCUT2D eigenvalue weighted by atomic mass is 10.2. The van der Waals surface area contributed by atoms with Gasteiger partial charge in [-0.25, -0.2) is 0 Å². The van der Waals surface area contributed by atoms with Crippen molar-refractivity contribution >= 4 is 29.1 Å². The van der Waals surface area contributed by atoms with E-state index in [-0.39, 0.29) is 17.9 Å². The van der Waals surface area contributed by atoms with Crippen LogP contribution in [0.15, 0.2) is 18.2 Å². The summed E-state index contributed by atoms with van der Waals surface area (Å²) in [4.78, 5) is 25.0. The highest BCUT2D eigenvalue weighted by molar-refractivity contribution is 6.33. The van der Waals surface area contributed by atoms with Gasteiger partial charge in [-0.15, -0.1) is 0 Å². The summed E-state index contributed by atoms with van der Waals surface area (Å²) in [5.74, 6) is -0.161. The number of benzene rings is 1. The van der Waals surface area contributed by atoms with Gasteiger partial charge in [0.15, 0.2) is 0 Å². The van der Waals surface area contributed by atoms with Crippen LogP contribution in [0.1, 0.15) is 23.7 Å². The van der Waals surface area contributed by atoms with E-state index in [1.807, 2.05) is 0 Å². The molecule has 1 heterocycles. The van der Waals surface area contributed by atoms with Gasteiger partial charge in [0.1, 0.15) is 0 Å². The predicted octanol–water partition coefficient (Wildman–Crippen LogP) is 1.27. The molecule has 6 heteroatoms. The number of nitrogens with zero attached hydrogens (tertiary/aromatic N) is 1. The Morgan fingerprint density at radius 1 is 1.47 bits per heavy atom. The largest absolute Gasteiger partial charge is 0.398 e. The summed E-state index contributed by atoms with van der Waals surface area (Å²) in [7, 11) is 0. The Kier molecular flexibility index (Phi) is 3.95. The third kappa shape index (κ3) is 3.17. The van der Waals surface area contributed by atoms with Crippen molar-refractivity contribution in [2.45, 2.75) is 19.4 Å². The molecule has 0 spiro atoms. The van der Waals surface area contributed by atoms with Crippen molar-refractivity contribution in [2.24, 2.45) is 0 Å². The lowest BCUT2D eigenvalue weighted by Crippen LogP contribution is -2.37. The van der Waals surface area contributed by atoms with Gasteiger partial charge in [-0.1, -0.05) is 11.6 Å². The molecule has 1 aliphatic rings. The maximum Gasteiger partial charge on any atom is 0.254 e. The summed E-state index contributed by atoms with van der Waals surface area (Å²) in [6, 6.07) is 4.89. The van der Waals surface area contributed by atoms with Crippen LogP contribution in [0.4, 0.5) is 5.69 Å². The summed E-state index contributed by atoms with van der Waals surface area (Å²) >= 11 is 5.83. The maximum absolute atomic E-state index is 12.3. The lowest BCUT2D eigenvalue weighted by molar-refractivity contribution is -0.119. The lowest BCUT2D eigenvalue weighted by Gasteiger charge is -2.17. The summed E-state index contributed by atoms with van der Waals surface area (Å²) in [6.07, 6.45) is 0.772. The highest BCUT2D eigenvalue weighted by Crippen LogP contribution is 2.21. The molecule has 1 fully saturated rings. The van der Waals surface area contributed by atoms with Gasteiger partial charge in [0.05, 0.1) is 10.7 Å². The number of nitrogens with one attached hydrogen (secondary N) is 1. The Balaban J connectivity index is 2.04. The van der Waals surface area contributed by atoms with Crippen LogP contribution in [0.2, 0.25) is 5.02 Å². The van der Waals surface area contributed by atoms with Crippen LogP contribution in [-0.4, -0.2) is 35.8 Å². The van der Waals surface area contributed by atoms with Crippen LogP contribution in [0, 0.1) is 0 Å². The van der Waals surface area contributed by atoms with E-state index < -0.39 is 0 Å². The first-order chi connectivity index (χ1) is 8.97. The van der Waals surface area contributed by atoms with Crippen molar-refractivity contribution in [3.63, 3.8) is 0 Å². The topological polar surface area (TPSA) is 75.4 Å². The number of hydrogen-bond donors (Lipinski definition) is 2. The molecular formula is C13H16ClN3O2. The molecule has 0 saturated carbocycles. The molecule has 0 aromatic heterocycles. The number of hydrogen-bond acceptors (Lipinski definition) is 3. The van der Waals surface area contributed by atoms with Gasteiger partial charge in [-0.2, -0.15) is 0 Å². The number of nitrogens with two attached hydrogens (primary N) is 1. The highest BCUT2D eigenvalue weighted by Gasteiger charge is 2.27. The first kappa shape index (κ1) is 13.7. The number of halogens is 1. The molecule has 1 aromatic rings. The van der Waals surface area contributed by atoms with E-state index in [4.69, 9.17) is 17.3 Å². The summed E-state index contributed by atoms with van der Waals surface area (Å²) in [5.41, 5.74) is 6.60. The molecule has 2 amide bonds. The van der Waals surface area contributed by atoms with Crippen molar-refractivity contribution in [2.75, 3.05) is 18.8 Å². The first-order valence-electron chi connectivity index (χ1n) is 6.09. The third-order valence-corrected chi connectivity index (χ3v) is 3.47. The minimum absolute atomic E-state index is 0.0334. The minimum atomic E-state index is -0.0868. The second-order valence-electron chi connectivity index (χ2n) is 4.67. The van der Waals surface area contributed by atoms with Crippen molar-refractivity contribution in [3.8, 4) is 0 Å². The van der Waals surface area contributed by atoms with E-state index in [2.05, 4.69) is 5.32 Å². The number of carbonyl (C=O) groups excluding carboxylic acids is 2. The molecule has 1 aliphatic heterocycles. The summed E-state index contributed by atoms with van der Waals surface area (Å²) in [6.45, 7) is 2.64. The van der Waals surface area contributed by atoms with Crippen molar-refractivity contribution < 1.29 is 9.59 Å². The van der Waals surface area contributed by atoms with Crippen molar-refractivity contribution in [3.05, 3.63) is 28.8 Å². The Bertz CT molecular complexity index is 519. The highest BCUT2D eigenvalue weighted by atomic mass is 35.5. The molecule has 19 heavy (non-hydrogen) atoms. The molecule has 1 atom stereocenters. The number of likely N-dealkylation sites (tertiary alicyclic amines) is 1. The first-order valence-corrected chi connectivity index (χ1v) is 6.46. The van der Waals surface area contributed by atoms with Crippen LogP contribution < -0.4 is 11.1 Å². The zero-order valence-electron chi connectivity index (χ0n) is 10.6. The minimum Gasteiger partial charge on any atom is -0.398 e. The zero-order chi connectivity index (χ0) is 14.0. The van der Waals surface area contributed by atoms with Gasteiger partial charge in [-0.05, 0) is 24.6 Å². The Morgan fingerprint density at radius 2 is 2.21 bits per heavy atom. The number of rotatable bonds is 2. The van der Waals surface area contributed by atoms with E-state index in [1.54, 1.807) is 23.1 Å². The average molecular weight is 282 g/mol. The number of carbonyl (C=O) groups is 2. The van der Waals surface area contributed by atoms with E-state index >= 15 is 0 Å². The Labute approximate surface area is 116 Å². The fraction of sp³-hybridized carbons (Fsp3) is 0.385. The van der Waals surface area contributed by atoms with Crippen LogP contribution in [-0.2, 0) is 4.79 Å². The second-order valence-corrected chi connectivity index (χ2v) is 5.08. The van der Waals surface area contributed by atoms with E-state index in [1.165, 1.54) is 6.92 Å². The standard InChI is InChI=1S/C13H16ClN3O2/c1-8(18)16-10-4-5-17(7-10)13(19)9-2-3-11(14)12(15)6-9/h2-3,6,10H,4-5,7,15H2,1H3,(H,16,18). The van der Waals surface area contributed by atoms with E-state index in [0.717, 1.165) is 6.42 Å².